The Morgan fingerprint density at radius 3 is 2.88 bits per heavy atom. The second-order valence-corrected chi connectivity index (χ2v) is 5.11. The highest BCUT2D eigenvalue weighted by molar-refractivity contribution is 6.33. The van der Waals surface area contributed by atoms with Crippen molar-refractivity contribution in [2.24, 2.45) is 0 Å². The Morgan fingerprint density at radius 2 is 2.29 bits per heavy atom. The molecule has 0 spiro atoms. The molecule has 1 aliphatic rings. The van der Waals surface area contributed by atoms with Crippen LogP contribution in [-0.2, 0) is 10.6 Å². The van der Waals surface area contributed by atoms with Crippen LogP contribution in [0.2, 0.25) is 5.02 Å². The van der Waals surface area contributed by atoms with Gasteiger partial charge in [-0.25, -0.2) is 0 Å². The molecule has 0 N–H and O–H groups in total. The molecule has 1 fully saturated rings. The second kappa shape index (κ2) is 5.94. The molecule has 0 amide bonds. The Kier molecular flexibility index (Phi) is 4.55. The smallest absolute Gasteiger partial charge is 0.0750 e. The lowest BCUT2D eigenvalue weighted by Crippen LogP contribution is -2.28. The molecular weight excluding hydrogens is 257 g/mol. The summed E-state index contributed by atoms with van der Waals surface area (Å²) in [5, 5.41) is 0.753. The first-order valence-corrected chi connectivity index (χ1v) is 6.79. The lowest BCUT2D eigenvalue weighted by Gasteiger charge is -2.24. The Morgan fingerprint density at radius 1 is 1.47 bits per heavy atom. The summed E-state index contributed by atoms with van der Waals surface area (Å²) in [4.78, 5) is 2.15. The predicted molar refractivity (Wildman–Crippen MR) is 73.3 cm³/mol. The van der Waals surface area contributed by atoms with Crippen molar-refractivity contribution in [3.05, 3.63) is 28.8 Å². The fourth-order valence-electron chi connectivity index (χ4n) is 2.14. The van der Waals surface area contributed by atoms with E-state index in [1.807, 2.05) is 25.2 Å². The van der Waals surface area contributed by atoms with Crippen molar-refractivity contribution in [3.8, 4) is 0 Å². The molecule has 0 saturated carbocycles. The van der Waals surface area contributed by atoms with Crippen LogP contribution in [0.3, 0.4) is 0 Å². The zero-order valence-corrected chi connectivity index (χ0v) is 11.5. The molecule has 94 valence electrons. The number of ether oxygens (including phenoxy) is 1. The number of alkyl halides is 1. The van der Waals surface area contributed by atoms with Crippen LogP contribution in [0.1, 0.15) is 18.4 Å². The van der Waals surface area contributed by atoms with Crippen LogP contribution < -0.4 is 4.90 Å². The highest BCUT2D eigenvalue weighted by atomic mass is 35.5. The van der Waals surface area contributed by atoms with Gasteiger partial charge in [0.15, 0.2) is 0 Å². The standard InChI is InChI=1S/C13H17Cl2NO/c1-16(9-11-3-2-6-17-11)13-5-4-10(8-14)7-12(13)15/h4-5,7,11H,2-3,6,8-9H2,1H3. The Hall–Kier alpha value is -0.440. The second-order valence-electron chi connectivity index (χ2n) is 4.43. The molecule has 1 heterocycles. The fraction of sp³-hybridized carbons (Fsp3) is 0.538. The summed E-state index contributed by atoms with van der Waals surface area (Å²) < 4.78 is 5.62. The van der Waals surface area contributed by atoms with E-state index >= 15 is 0 Å². The lowest BCUT2D eigenvalue weighted by molar-refractivity contribution is 0.116. The van der Waals surface area contributed by atoms with Crippen LogP contribution >= 0.6 is 23.2 Å². The van der Waals surface area contributed by atoms with Crippen LogP contribution in [0.5, 0.6) is 0 Å². The molecule has 0 aromatic heterocycles. The summed E-state index contributed by atoms with van der Waals surface area (Å²) in [6.45, 7) is 1.78. The largest absolute Gasteiger partial charge is 0.376 e. The van der Waals surface area contributed by atoms with Crippen LogP contribution in [0.4, 0.5) is 5.69 Å². The van der Waals surface area contributed by atoms with Gasteiger partial charge in [-0.05, 0) is 30.5 Å². The van der Waals surface area contributed by atoms with Crippen molar-refractivity contribution in [3.63, 3.8) is 0 Å². The molecule has 0 aliphatic carbocycles. The van der Waals surface area contributed by atoms with Gasteiger partial charge in [0.1, 0.15) is 0 Å². The molecular formula is C13H17Cl2NO. The summed E-state index contributed by atoms with van der Waals surface area (Å²) >= 11 is 12.0. The van der Waals surface area contributed by atoms with Gasteiger partial charge in [0.05, 0.1) is 16.8 Å². The van der Waals surface area contributed by atoms with E-state index in [0.29, 0.717) is 12.0 Å². The number of anilines is 1. The van der Waals surface area contributed by atoms with Gasteiger partial charge in [-0.2, -0.15) is 0 Å². The van der Waals surface area contributed by atoms with E-state index in [-0.39, 0.29) is 0 Å². The molecule has 1 aromatic rings. The summed E-state index contributed by atoms with van der Waals surface area (Å²) in [5.41, 5.74) is 2.09. The van der Waals surface area contributed by atoms with Gasteiger partial charge in [0.25, 0.3) is 0 Å². The summed E-state index contributed by atoms with van der Waals surface area (Å²) in [7, 11) is 2.04. The van der Waals surface area contributed by atoms with E-state index in [1.54, 1.807) is 0 Å². The third kappa shape index (κ3) is 3.27. The molecule has 1 unspecified atom stereocenters. The number of halogens is 2. The van der Waals surface area contributed by atoms with Gasteiger partial charge < -0.3 is 9.64 Å². The van der Waals surface area contributed by atoms with Crippen LogP contribution in [0.25, 0.3) is 0 Å². The molecule has 1 aliphatic heterocycles. The van der Waals surface area contributed by atoms with Gasteiger partial charge in [-0.3, -0.25) is 0 Å². The Labute approximate surface area is 112 Å². The minimum atomic E-state index is 0.337. The summed E-state index contributed by atoms with van der Waals surface area (Å²) in [6, 6.07) is 5.96. The van der Waals surface area contributed by atoms with E-state index in [9.17, 15) is 0 Å². The van der Waals surface area contributed by atoms with E-state index in [1.165, 1.54) is 0 Å². The maximum absolute atomic E-state index is 6.25. The number of benzene rings is 1. The number of rotatable bonds is 4. The van der Waals surface area contributed by atoms with E-state index in [4.69, 9.17) is 27.9 Å². The summed E-state index contributed by atoms with van der Waals surface area (Å²) in [6.07, 6.45) is 2.64. The highest BCUT2D eigenvalue weighted by Gasteiger charge is 2.18. The van der Waals surface area contributed by atoms with Crippen LogP contribution in [-0.4, -0.2) is 26.3 Å². The van der Waals surface area contributed by atoms with E-state index in [0.717, 1.165) is 42.3 Å². The molecule has 1 saturated heterocycles. The monoisotopic (exact) mass is 273 g/mol. The topological polar surface area (TPSA) is 12.5 Å². The van der Waals surface area contributed by atoms with Crippen LogP contribution in [0, 0.1) is 0 Å². The quantitative estimate of drug-likeness (QED) is 0.776. The molecule has 2 rings (SSSR count). The van der Waals surface area contributed by atoms with Gasteiger partial charge in [-0.1, -0.05) is 17.7 Å². The van der Waals surface area contributed by atoms with Gasteiger partial charge >= 0.3 is 0 Å². The Balaban J connectivity index is 2.04. The molecule has 2 nitrogen and oxygen atoms in total. The number of likely N-dealkylation sites (N-methyl/N-ethyl adjacent to an activating group) is 1. The van der Waals surface area contributed by atoms with Crippen LogP contribution in [0.15, 0.2) is 18.2 Å². The predicted octanol–water partition coefficient (Wildman–Crippen LogP) is 3.69. The average molecular weight is 274 g/mol. The fourth-order valence-corrected chi connectivity index (χ4v) is 2.65. The molecule has 1 aromatic carbocycles. The average Bonchev–Trinajstić information content (AvgIpc) is 2.81. The third-order valence-corrected chi connectivity index (χ3v) is 3.69. The molecule has 0 radical (unpaired) electrons. The molecule has 0 bridgehead atoms. The first-order chi connectivity index (χ1) is 8.20. The number of nitrogens with zero attached hydrogens (tertiary/aromatic N) is 1. The normalized spacial score (nSPS) is 19.6. The summed E-state index contributed by atoms with van der Waals surface area (Å²) in [5.74, 6) is 0.495. The van der Waals surface area contributed by atoms with Crippen molar-refractivity contribution in [1.82, 2.24) is 0 Å². The van der Waals surface area contributed by atoms with Crippen molar-refractivity contribution in [2.45, 2.75) is 24.8 Å². The van der Waals surface area contributed by atoms with Crippen molar-refractivity contribution < 1.29 is 4.74 Å². The minimum absolute atomic E-state index is 0.337. The SMILES string of the molecule is CN(CC1CCCO1)c1ccc(CCl)cc1Cl. The maximum Gasteiger partial charge on any atom is 0.0750 e. The highest BCUT2D eigenvalue weighted by Crippen LogP contribution is 2.27. The maximum atomic E-state index is 6.25. The molecule has 1 atom stereocenters. The first kappa shape index (κ1) is 13.0. The number of hydrogen-bond acceptors (Lipinski definition) is 2. The van der Waals surface area contributed by atoms with Crippen molar-refractivity contribution in [1.29, 1.82) is 0 Å². The van der Waals surface area contributed by atoms with E-state index in [2.05, 4.69) is 4.90 Å². The number of hydrogen-bond donors (Lipinski definition) is 0. The van der Waals surface area contributed by atoms with Crippen molar-refractivity contribution in [2.75, 3.05) is 25.1 Å². The zero-order chi connectivity index (χ0) is 12.3. The lowest BCUT2D eigenvalue weighted by atomic mass is 10.2. The van der Waals surface area contributed by atoms with Crippen molar-refractivity contribution >= 4 is 28.9 Å². The third-order valence-electron chi connectivity index (χ3n) is 3.08. The first-order valence-electron chi connectivity index (χ1n) is 5.88. The zero-order valence-electron chi connectivity index (χ0n) is 9.96. The minimum Gasteiger partial charge on any atom is -0.376 e. The van der Waals surface area contributed by atoms with Gasteiger partial charge in [-0.15, -0.1) is 11.6 Å². The molecule has 17 heavy (non-hydrogen) atoms. The van der Waals surface area contributed by atoms with Gasteiger partial charge in [0.2, 0.25) is 0 Å². The van der Waals surface area contributed by atoms with Gasteiger partial charge in [0, 0.05) is 26.1 Å². The Bertz CT molecular complexity index is 378. The molecule has 4 heteroatoms. The van der Waals surface area contributed by atoms with E-state index < -0.39 is 0 Å².